The number of nitrogens with one attached hydrogen (secondary N) is 1. The zero-order valence-electron chi connectivity index (χ0n) is 13.6. The summed E-state index contributed by atoms with van der Waals surface area (Å²) in [5.74, 6) is -1.08. The lowest BCUT2D eigenvalue weighted by Gasteiger charge is -2.21. The van der Waals surface area contributed by atoms with E-state index in [4.69, 9.17) is 0 Å². The molecule has 5 nitrogen and oxygen atoms in total. The maximum atomic E-state index is 11.7. The van der Waals surface area contributed by atoms with Crippen LogP contribution in [0.3, 0.4) is 0 Å². The van der Waals surface area contributed by atoms with E-state index in [-0.39, 0.29) is 11.7 Å². The average Bonchev–Trinajstić information content (AvgIpc) is 3.09. The van der Waals surface area contributed by atoms with Gasteiger partial charge in [0.2, 0.25) is 0 Å². The molecule has 0 aliphatic rings. The Kier molecular flexibility index (Phi) is 5.00. The molecule has 128 valence electrons. The zero-order valence-corrected chi connectivity index (χ0v) is 14.4. The van der Waals surface area contributed by atoms with Crippen LogP contribution in [0.2, 0.25) is 0 Å². The number of aliphatic carboxylic acids is 1. The van der Waals surface area contributed by atoms with Crippen LogP contribution >= 0.6 is 11.3 Å². The topological polar surface area (TPSA) is 82.5 Å². The molecule has 1 aromatic heterocycles. The van der Waals surface area contributed by atoms with Gasteiger partial charge in [-0.3, -0.25) is 0 Å². The standard InChI is InChI=1S/C19H18N2O3S/c1-12(13-7-9-15(22)10-8-13)17(18(23)24)21-19-20-16(11-25-19)14-5-3-2-4-6-14/h2-12,17,22H,1H3,(H,20,21)(H,23,24)/t12?,17-/m0/s1. The molecule has 1 heterocycles. The summed E-state index contributed by atoms with van der Waals surface area (Å²) in [6.45, 7) is 1.84. The lowest BCUT2D eigenvalue weighted by molar-refractivity contribution is -0.138. The van der Waals surface area contributed by atoms with Gasteiger partial charge in [-0.05, 0) is 17.7 Å². The summed E-state index contributed by atoms with van der Waals surface area (Å²) in [5, 5.41) is 24.5. The maximum absolute atomic E-state index is 11.7. The van der Waals surface area contributed by atoms with Crippen molar-refractivity contribution in [2.24, 2.45) is 0 Å². The van der Waals surface area contributed by atoms with Crippen LogP contribution in [0.5, 0.6) is 5.75 Å². The van der Waals surface area contributed by atoms with Crippen molar-refractivity contribution in [2.75, 3.05) is 5.32 Å². The van der Waals surface area contributed by atoms with Gasteiger partial charge in [0.15, 0.2) is 5.13 Å². The Hall–Kier alpha value is -2.86. The monoisotopic (exact) mass is 354 g/mol. The van der Waals surface area contributed by atoms with E-state index in [0.717, 1.165) is 16.8 Å². The van der Waals surface area contributed by atoms with Gasteiger partial charge in [-0.1, -0.05) is 49.4 Å². The summed E-state index contributed by atoms with van der Waals surface area (Å²) in [4.78, 5) is 16.2. The van der Waals surface area contributed by atoms with E-state index in [2.05, 4.69) is 10.3 Å². The number of phenols is 1. The van der Waals surface area contributed by atoms with Crippen molar-refractivity contribution in [3.63, 3.8) is 0 Å². The number of thiazole rings is 1. The van der Waals surface area contributed by atoms with Gasteiger partial charge >= 0.3 is 5.97 Å². The Bertz CT molecular complexity index is 847. The van der Waals surface area contributed by atoms with E-state index in [1.807, 2.05) is 42.6 Å². The van der Waals surface area contributed by atoms with Gasteiger partial charge < -0.3 is 15.5 Å². The molecule has 0 spiro atoms. The van der Waals surface area contributed by atoms with Crippen molar-refractivity contribution >= 4 is 22.4 Å². The normalized spacial score (nSPS) is 13.2. The number of anilines is 1. The first-order valence-electron chi connectivity index (χ1n) is 7.84. The Morgan fingerprint density at radius 3 is 2.44 bits per heavy atom. The fraction of sp³-hybridized carbons (Fsp3) is 0.158. The molecule has 0 radical (unpaired) electrons. The Morgan fingerprint density at radius 2 is 1.80 bits per heavy atom. The molecule has 2 atom stereocenters. The van der Waals surface area contributed by atoms with Crippen LogP contribution in [0.4, 0.5) is 5.13 Å². The molecule has 25 heavy (non-hydrogen) atoms. The van der Waals surface area contributed by atoms with Crippen molar-refractivity contribution in [2.45, 2.75) is 18.9 Å². The predicted octanol–water partition coefficient (Wildman–Crippen LogP) is 4.18. The third kappa shape index (κ3) is 3.97. The highest BCUT2D eigenvalue weighted by molar-refractivity contribution is 7.14. The van der Waals surface area contributed by atoms with Crippen LogP contribution in [0, 0.1) is 0 Å². The molecule has 2 aromatic carbocycles. The highest BCUT2D eigenvalue weighted by Crippen LogP contribution is 2.28. The smallest absolute Gasteiger partial charge is 0.326 e. The summed E-state index contributed by atoms with van der Waals surface area (Å²) in [5.41, 5.74) is 2.64. The maximum Gasteiger partial charge on any atom is 0.326 e. The van der Waals surface area contributed by atoms with Crippen LogP contribution in [-0.2, 0) is 4.79 Å². The SMILES string of the molecule is CC(c1ccc(O)cc1)[C@H](Nc1nc(-c2ccccc2)cs1)C(=O)O. The lowest BCUT2D eigenvalue weighted by Crippen LogP contribution is -2.34. The predicted molar refractivity (Wildman–Crippen MR) is 99.1 cm³/mol. The Labute approximate surface area is 149 Å². The molecule has 0 aliphatic heterocycles. The summed E-state index contributed by atoms with van der Waals surface area (Å²) >= 11 is 1.38. The van der Waals surface area contributed by atoms with Crippen molar-refractivity contribution in [3.05, 3.63) is 65.5 Å². The molecule has 0 saturated heterocycles. The number of nitrogens with zero attached hydrogens (tertiary/aromatic N) is 1. The lowest BCUT2D eigenvalue weighted by atomic mass is 9.93. The third-order valence-electron chi connectivity index (χ3n) is 4.04. The number of hydrogen-bond donors (Lipinski definition) is 3. The molecule has 0 fully saturated rings. The van der Waals surface area contributed by atoms with Gasteiger partial charge in [0.1, 0.15) is 11.8 Å². The van der Waals surface area contributed by atoms with E-state index >= 15 is 0 Å². The van der Waals surface area contributed by atoms with Gasteiger partial charge in [-0.15, -0.1) is 11.3 Å². The van der Waals surface area contributed by atoms with E-state index in [0.29, 0.717) is 5.13 Å². The average molecular weight is 354 g/mol. The number of hydrogen-bond acceptors (Lipinski definition) is 5. The third-order valence-corrected chi connectivity index (χ3v) is 4.81. The minimum Gasteiger partial charge on any atom is -0.508 e. The molecule has 3 N–H and O–H groups in total. The molecule has 0 amide bonds. The summed E-state index contributed by atoms with van der Waals surface area (Å²) in [7, 11) is 0. The number of carbonyl (C=O) groups is 1. The van der Waals surface area contributed by atoms with E-state index < -0.39 is 12.0 Å². The Balaban J connectivity index is 1.79. The number of rotatable bonds is 6. The molecule has 1 unspecified atom stereocenters. The Morgan fingerprint density at radius 1 is 1.12 bits per heavy atom. The quantitative estimate of drug-likeness (QED) is 0.618. The highest BCUT2D eigenvalue weighted by atomic mass is 32.1. The van der Waals surface area contributed by atoms with Gasteiger partial charge in [0.25, 0.3) is 0 Å². The first-order valence-corrected chi connectivity index (χ1v) is 8.72. The van der Waals surface area contributed by atoms with Gasteiger partial charge in [-0.25, -0.2) is 9.78 Å². The van der Waals surface area contributed by atoms with E-state index in [9.17, 15) is 15.0 Å². The number of carboxylic acid groups (broad SMARTS) is 1. The molecular formula is C19H18N2O3S. The molecule has 3 aromatic rings. The van der Waals surface area contributed by atoms with Crippen LogP contribution in [0.15, 0.2) is 60.0 Å². The molecule has 0 saturated carbocycles. The van der Waals surface area contributed by atoms with Crippen molar-refractivity contribution in [1.29, 1.82) is 0 Å². The van der Waals surface area contributed by atoms with Crippen LogP contribution in [-0.4, -0.2) is 27.2 Å². The second-order valence-electron chi connectivity index (χ2n) is 5.74. The summed E-state index contributed by atoms with van der Waals surface area (Å²) in [6.07, 6.45) is 0. The number of benzene rings is 2. The fourth-order valence-electron chi connectivity index (χ4n) is 2.59. The molecular weight excluding hydrogens is 336 g/mol. The molecule has 6 heteroatoms. The van der Waals surface area contributed by atoms with Crippen molar-refractivity contribution < 1.29 is 15.0 Å². The second kappa shape index (κ2) is 7.36. The summed E-state index contributed by atoms with van der Waals surface area (Å²) < 4.78 is 0. The molecule has 3 rings (SSSR count). The highest BCUT2D eigenvalue weighted by Gasteiger charge is 2.27. The number of aromatic hydroxyl groups is 1. The van der Waals surface area contributed by atoms with Crippen LogP contribution in [0.1, 0.15) is 18.4 Å². The van der Waals surface area contributed by atoms with Crippen LogP contribution < -0.4 is 5.32 Å². The summed E-state index contributed by atoms with van der Waals surface area (Å²) in [6, 6.07) is 15.5. The fourth-order valence-corrected chi connectivity index (χ4v) is 3.34. The largest absolute Gasteiger partial charge is 0.508 e. The first kappa shape index (κ1) is 17.0. The minimum absolute atomic E-state index is 0.156. The molecule has 0 aliphatic carbocycles. The van der Waals surface area contributed by atoms with Gasteiger partial charge in [-0.2, -0.15) is 0 Å². The van der Waals surface area contributed by atoms with E-state index in [1.54, 1.807) is 24.3 Å². The van der Waals surface area contributed by atoms with Crippen molar-refractivity contribution in [3.8, 4) is 17.0 Å². The number of phenolic OH excluding ortho intramolecular Hbond substituents is 1. The minimum atomic E-state index is -0.947. The van der Waals surface area contributed by atoms with E-state index in [1.165, 1.54) is 11.3 Å². The molecule has 0 bridgehead atoms. The van der Waals surface area contributed by atoms with Gasteiger partial charge in [0.05, 0.1) is 5.69 Å². The van der Waals surface area contributed by atoms with Crippen molar-refractivity contribution in [1.82, 2.24) is 4.98 Å². The second-order valence-corrected chi connectivity index (χ2v) is 6.60. The first-order chi connectivity index (χ1) is 12.0. The number of carboxylic acids is 1. The van der Waals surface area contributed by atoms with Gasteiger partial charge in [0, 0.05) is 16.9 Å². The number of aromatic nitrogens is 1. The van der Waals surface area contributed by atoms with Crippen LogP contribution in [0.25, 0.3) is 11.3 Å². The zero-order chi connectivity index (χ0) is 17.8.